The fourth-order valence-electron chi connectivity index (χ4n) is 2.90. The van der Waals surface area contributed by atoms with Crippen LogP contribution in [0, 0.1) is 0 Å². The number of benzene rings is 1. The standard InChI is InChI=1S/C16H17N5OS/c22-15-13(10-11-4-2-1-3-5-11)18-19-16-21(15)20-14(23-16)12-6-8-17-9-7-12/h1-5,12,17H,6-10H2. The second kappa shape index (κ2) is 6.17. The lowest BCUT2D eigenvalue weighted by Gasteiger charge is -2.19. The van der Waals surface area contributed by atoms with Crippen molar-refractivity contribution in [2.45, 2.75) is 25.2 Å². The summed E-state index contributed by atoms with van der Waals surface area (Å²) < 4.78 is 1.42. The van der Waals surface area contributed by atoms with Crippen molar-refractivity contribution in [3.63, 3.8) is 0 Å². The third kappa shape index (κ3) is 2.89. The fraction of sp³-hybridized carbons (Fsp3) is 0.375. The summed E-state index contributed by atoms with van der Waals surface area (Å²) in [4.78, 5) is 13.2. The molecule has 0 amide bonds. The van der Waals surface area contributed by atoms with E-state index in [0.29, 0.717) is 23.0 Å². The van der Waals surface area contributed by atoms with Crippen molar-refractivity contribution >= 4 is 16.3 Å². The zero-order chi connectivity index (χ0) is 15.6. The highest BCUT2D eigenvalue weighted by Crippen LogP contribution is 2.27. The van der Waals surface area contributed by atoms with Crippen LogP contribution in [0.3, 0.4) is 0 Å². The molecule has 1 aromatic carbocycles. The van der Waals surface area contributed by atoms with Crippen LogP contribution in [0.4, 0.5) is 0 Å². The van der Waals surface area contributed by atoms with E-state index < -0.39 is 0 Å². The first-order valence-corrected chi connectivity index (χ1v) is 8.63. The van der Waals surface area contributed by atoms with Crippen LogP contribution in [0.2, 0.25) is 0 Å². The first-order valence-electron chi connectivity index (χ1n) is 7.81. The molecule has 0 atom stereocenters. The minimum atomic E-state index is -0.157. The Kier molecular flexibility index (Phi) is 3.88. The molecule has 7 heteroatoms. The largest absolute Gasteiger partial charge is 0.317 e. The second-order valence-electron chi connectivity index (χ2n) is 5.77. The number of rotatable bonds is 3. The summed E-state index contributed by atoms with van der Waals surface area (Å²) in [6, 6.07) is 9.83. The molecule has 0 aliphatic carbocycles. The number of hydrogen-bond donors (Lipinski definition) is 1. The summed E-state index contributed by atoms with van der Waals surface area (Å²) in [7, 11) is 0. The van der Waals surface area contributed by atoms with E-state index in [1.165, 1.54) is 15.9 Å². The molecule has 2 aromatic heterocycles. The van der Waals surface area contributed by atoms with Crippen LogP contribution in [0.1, 0.15) is 35.0 Å². The van der Waals surface area contributed by atoms with Gasteiger partial charge in [-0.3, -0.25) is 4.79 Å². The number of hydrogen-bond acceptors (Lipinski definition) is 6. The van der Waals surface area contributed by atoms with Crippen molar-refractivity contribution in [2.24, 2.45) is 0 Å². The number of fused-ring (bicyclic) bond motifs is 1. The highest BCUT2D eigenvalue weighted by molar-refractivity contribution is 7.16. The highest BCUT2D eigenvalue weighted by atomic mass is 32.1. The third-order valence-electron chi connectivity index (χ3n) is 4.17. The molecule has 1 aliphatic heterocycles. The Labute approximate surface area is 137 Å². The normalized spacial score (nSPS) is 16.0. The molecular formula is C16H17N5OS. The van der Waals surface area contributed by atoms with E-state index in [4.69, 9.17) is 0 Å². The summed E-state index contributed by atoms with van der Waals surface area (Å²) in [5.74, 6) is 0.417. The van der Waals surface area contributed by atoms with Gasteiger partial charge in [0.15, 0.2) is 0 Å². The average Bonchev–Trinajstić information content (AvgIpc) is 3.04. The molecule has 0 saturated carbocycles. The van der Waals surface area contributed by atoms with Gasteiger partial charge in [-0.25, -0.2) is 0 Å². The molecule has 1 N–H and O–H groups in total. The quantitative estimate of drug-likeness (QED) is 0.791. The monoisotopic (exact) mass is 327 g/mol. The Bertz CT molecular complexity index is 867. The van der Waals surface area contributed by atoms with Crippen LogP contribution in [0.15, 0.2) is 35.1 Å². The van der Waals surface area contributed by atoms with Crippen molar-refractivity contribution in [2.75, 3.05) is 13.1 Å². The number of nitrogens with zero attached hydrogens (tertiary/aromatic N) is 4. The predicted octanol–water partition coefficient (Wildman–Crippen LogP) is 1.60. The van der Waals surface area contributed by atoms with E-state index in [1.807, 2.05) is 30.3 Å². The van der Waals surface area contributed by atoms with Crippen LogP contribution in [-0.4, -0.2) is 32.9 Å². The second-order valence-corrected chi connectivity index (χ2v) is 6.76. The maximum absolute atomic E-state index is 12.6. The molecular weight excluding hydrogens is 310 g/mol. The molecule has 4 rings (SSSR count). The van der Waals surface area contributed by atoms with Gasteiger partial charge in [0.1, 0.15) is 10.7 Å². The zero-order valence-corrected chi connectivity index (χ0v) is 13.4. The number of nitrogens with one attached hydrogen (secondary N) is 1. The molecule has 0 unspecified atom stereocenters. The Morgan fingerprint density at radius 3 is 2.74 bits per heavy atom. The molecule has 118 valence electrons. The van der Waals surface area contributed by atoms with E-state index >= 15 is 0 Å². The lowest BCUT2D eigenvalue weighted by Crippen LogP contribution is -2.27. The van der Waals surface area contributed by atoms with Crippen molar-refractivity contribution in [3.05, 3.63) is 57.0 Å². The van der Waals surface area contributed by atoms with E-state index in [-0.39, 0.29) is 5.56 Å². The summed E-state index contributed by atoms with van der Waals surface area (Å²) >= 11 is 1.48. The summed E-state index contributed by atoms with van der Waals surface area (Å²) in [6.45, 7) is 2.00. The minimum absolute atomic E-state index is 0.157. The Morgan fingerprint density at radius 1 is 1.17 bits per heavy atom. The fourth-order valence-corrected chi connectivity index (χ4v) is 3.90. The van der Waals surface area contributed by atoms with Gasteiger partial charge in [-0.05, 0) is 31.5 Å². The molecule has 1 saturated heterocycles. The Hall–Kier alpha value is -2.12. The van der Waals surface area contributed by atoms with Gasteiger partial charge in [-0.1, -0.05) is 41.7 Å². The average molecular weight is 327 g/mol. The smallest absolute Gasteiger partial charge is 0.297 e. The van der Waals surface area contributed by atoms with Gasteiger partial charge < -0.3 is 5.32 Å². The van der Waals surface area contributed by atoms with Gasteiger partial charge >= 0.3 is 0 Å². The maximum atomic E-state index is 12.6. The number of aromatic nitrogens is 4. The van der Waals surface area contributed by atoms with Gasteiger partial charge in [0, 0.05) is 12.3 Å². The summed E-state index contributed by atoms with van der Waals surface area (Å²) in [5, 5.41) is 17.2. The lowest BCUT2D eigenvalue weighted by molar-refractivity contribution is 0.456. The molecule has 0 bridgehead atoms. The van der Waals surface area contributed by atoms with E-state index in [9.17, 15) is 4.79 Å². The predicted molar refractivity (Wildman–Crippen MR) is 89.0 cm³/mol. The van der Waals surface area contributed by atoms with Gasteiger partial charge in [-0.15, -0.1) is 10.2 Å². The summed E-state index contributed by atoms with van der Waals surface area (Å²) in [6.07, 6.45) is 2.59. The molecule has 1 aliphatic rings. The molecule has 0 spiro atoms. The molecule has 23 heavy (non-hydrogen) atoms. The lowest BCUT2D eigenvalue weighted by atomic mass is 9.99. The summed E-state index contributed by atoms with van der Waals surface area (Å²) in [5.41, 5.74) is 1.33. The molecule has 0 radical (unpaired) electrons. The Balaban J connectivity index is 1.69. The van der Waals surface area contributed by atoms with E-state index in [2.05, 4.69) is 20.6 Å². The van der Waals surface area contributed by atoms with Crippen molar-refractivity contribution in [3.8, 4) is 0 Å². The van der Waals surface area contributed by atoms with Crippen molar-refractivity contribution in [1.82, 2.24) is 25.1 Å². The molecule has 1 fully saturated rings. The molecule has 3 aromatic rings. The first-order chi connectivity index (χ1) is 11.3. The minimum Gasteiger partial charge on any atom is -0.317 e. The van der Waals surface area contributed by atoms with Gasteiger partial charge in [0.25, 0.3) is 5.56 Å². The first kappa shape index (κ1) is 14.5. The maximum Gasteiger partial charge on any atom is 0.297 e. The van der Waals surface area contributed by atoms with Crippen LogP contribution in [0.5, 0.6) is 0 Å². The van der Waals surface area contributed by atoms with E-state index in [1.54, 1.807) is 0 Å². The third-order valence-corrected chi connectivity index (χ3v) is 5.24. The van der Waals surface area contributed by atoms with E-state index in [0.717, 1.165) is 36.5 Å². The zero-order valence-electron chi connectivity index (χ0n) is 12.6. The van der Waals surface area contributed by atoms with Crippen molar-refractivity contribution in [1.29, 1.82) is 0 Å². The van der Waals surface area contributed by atoms with Crippen LogP contribution < -0.4 is 10.9 Å². The topological polar surface area (TPSA) is 72.2 Å². The van der Waals surface area contributed by atoms with Gasteiger partial charge in [0.2, 0.25) is 4.96 Å². The van der Waals surface area contributed by atoms with Gasteiger partial charge in [0.05, 0.1) is 0 Å². The van der Waals surface area contributed by atoms with Crippen LogP contribution >= 0.6 is 11.3 Å². The number of piperidine rings is 1. The van der Waals surface area contributed by atoms with Crippen LogP contribution in [0.25, 0.3) is 4.96 Å². The molecule has 6 nitrogen and oxygen atoms in total. The highest BCUT2D eigenvalue weighted by Gasteiger charge is 2.21. The SMILES string of the molecule is O=c1c(Cc2ccccc2)nnc2sc(C3CCNCC3)nn12. The van der Waals surface area contributed by atoms with Crippen molar-refractivity contribution < 1.29 is 0 Å². The van der Waals surface area contributed by atoms with Crippen LogP contribution in [-0.2, 0) is 6.42 Å². The molecule has 3 heterocycles. The Morgan fingerprint density at radius 2 is 1.96 bits per heavy atom. The van der Waals surface area contributed by atoms with Gasteiger partial charge in [-0.2, -0.15) is 9.61 Å².